The summed E-state index contributed by atoms with van der Waals surface area (Å²) < 4.78 is 0. The van der Waals surface area contributed by atoms with Crippen LogP contribution in [0.3, 0.4) is 0 Å². The standard InChI is InChI=1S/C12H15NS/c1-9-7-8-11-5-3-4-6-12(11)13(9)10(2)14/h3-6,9H,7-8H2,1-2H3/t9-/m0/s1. The lowest BCUT2D eigenvalue weighted by atomic mass is 9.97. The van der Waals surface area contributed by atoms with E-state index in [-0.39, 0.29) is 0 Å². The Morgan fingerprint density at radius 2 is 2.14 bits per heavy atom. The maximum Gasteiger partial charge on any atom is 0.0794 e. The Morgan fingerprint density at radius 1 is 1.43 bits per heavy atom. The smallest absolute Gasteiger partial charge is 0.0794 e. The minimum Gasteiger partial charge on any atom is -0.333 e. The Balaban J connectivity index is 2.46. The van der Waals surface area contributed by atoms with Gasteiger partial charge in [0.05, 0.1) is 4.99 Å². The van der Waals surface area contributed by atoms with E-state index in [0.717, 1.165) is 4.99 Å². The molecule has 0 radical (unpaired) electrons. The number of nitrogens with zero attached hydrogens (tertiary/aromatic N) is 1. The van der Waals surface area contributed by atoms with Gasteiger partial charge >= 0.3 is 0 Å². The summed E-state index contributed by atoms with van der Waals surface area (Å²) in [6.07, 6.45) is 2.38. The molecule has 1 aliphatic heterocycles. The number of fused-ring (bicyclic) bond motifs is 1. The second kappa shape index (κ2) is 3.70. The van der Waals surface area contributed by atoms with Gasteiger partial charge in [-0.1, -0.05) is 30.4 Å². The maximum absolute atomic E-state index is 5.29. The van der Waals surface area contributed by atoms with Crippen LogP contribution in [0.15, 0.2) is 24.3 Å². The first-order valence-electron chi connectivity index (χ1n) is 5.08. The lowest BCUT2D eigenvalue weighted by Crippen LogP contribution is -2.39. The van der Waals surface area contributed by atoms with Crippen molar-refractivity contribution in [2.45, 2.75) is 32.7 Å². The first-order chi connectivity index (χ1) is 6.70. The third-order valence-corrected chi connectivity index (χ3v) is 3.06. The Hall–Kier alpha value is -0.890. The number of thiocarbonyl (C=S) groups is 1. The van der Waals surface area contributed by atoms with Crippen LogP contribution in [-0.4, -0.2) is 11.0 Å². The van der Waals surface area contributed by atoms with Crippen LogP contribution < -0.4 is 4.90 Å². The third kappa shape index (κ3) is 1.55. The lowest BCUT2D eigenvalue weighted by molar-refractivity contribution is 0.630. The zero-order valence-electron chi connectivity index (χ0n) is 8.66. The van der Waals surface area contributed by atoms with Gasteiger partial charge in [0.2, 0.25) is 0 Å². The summed E-state index contributed by atoms with van der Waals surface area (Å²) in [6.45, 7) is 4.25. The molecule has 0 spiro atoms. The van der Waals surface area contributed by atoms with Crippen LogP contribution >= 0.6 is 12.2 Å². The van der Waals surface area contributed by atoms with Gasteiger partial charge in [-0.3, -0.25) is 0 Å². The summed E-state index contributed by atoms with van der Waals surface area (Å²) in [4.78, 5) is 3.25. The average Bonchev–Trinajstić information content (AvgIpc) is 2.17. The normalized spacial score (nSPS) is 20.4. The van der Waals surface area contributed by atoms with E-state index in [1.807, 2.05) is 6.92 Å². The number of rotatable bonds is 0. The number of hydrogen-bond acceptors (Lipinski definition) is 1. The fourth-order valence-corrected chi connectivity index (χ4v) is 2.45. The van der Waals surface area contributed by atoms with Crippen molar-refractivity contribution in [3.63, 3.8) is 0 Å². The van der Waals surface area contributed by atoms with Crippen LogP contribution in [0.25, 0.3) is 0 Å². The Bertz CT molecular complexity index is 359. The number of hydrogen-bond donors (Lipinski definition) is 0. The van der Waals surface area contributed by atoms with E-state index >= 15 is 0 Å². The maximum atomic E-state index is 5.29. The molecule has 0 saturated carbocycles. The first kappa shape index (κ1) is 9.66. The van der Waals surface area contributed by atoms with Crippen LogP contribution in [0, 0.1) is 0 Å². The molecule has 2 rings (SSSR count). The molecule has 0 fully saturated rings. The highest BCUT2D eigenvalue weighted by Gasteiger charge is 2.23. The molecule has 1 heterocycles. The number of para-hydroxylation sites is 1. The minimum absolute atomic E-state index is 0.544. The molecular weight excluding hydrogens is 190 g/mol. The zero-order chi connectivity index (χ0) is 10.1. The van der Waals surface area contributed by atoms with Crippen LogP contribution in [0.5, 0.6) is 0 Å². The van der Waals surface area contributed by atoms with E-state index in [9.17, 15) is 0 Å². The summed E-state index contributed by atoms with van der Waals surface area (Å²) in [6, 6.07) is 9.10. The molecular formula is C12H15NS. The molecule has 0 bridgehead atoms. The van der Waals surface area contributed by atoms with Crippen LogP contribution in [0.4, 0.5) is 5.69 Å². The van der Waals surface area contributed by atoms with Gasteiger partial charge < -0.3 is 4.90 Å². The van der Waals surface area contributed by atoms with Crippen molar-refractivity contribution < 1.29 is 0 Å². The fourth-order valence-electron chi connectivity index (χ4n) is 2.17. The molecule has 0 aliphatic carbocycles. The van der Waals surface area contributed by atoms with Gasteiger partial charge in [-0.25, -0.2) is 0 Å². The molecule has 2 heteroatoms. The Labute approximate surface area is 90.7 Å². The van der Waals surface area contributed by atoms with Gasteiger partial charge in [-0.05, 0) is 38.3 Å². The topological polar surface area (TPSA) is 3.24 Å². The summed E-state index contributed by atoms with van der Waals surface area (Å²) in [5.74, 6) is 0. The third-order valence-electron chi connectivity index (χ3n) is 2.86. The molecule has 1 aliphatic rings. The van der Waals surface area contributed by atoms with E-state index in [2.05, 4.69) is 36.1 Å². The molecule has 0 saturated heterocycles. The largest absolute Gasteiger partial charge is 0.333 e. The highest BCUT2D eigenvalue weighted by molar-refractivity contribution is 7.80. The molecule has 1 aromatic carbocycles. The van der Waals surface area contributed by atoms with Gasteiger partial charge in [-0.15, -0.1) is 0 Å². The Morgan fingerprint density at radius 3 is 2.86 bits per heavy atom. The first-order valence-corrected chi connectivity index (χ1v) is 5.48. The van der Waals surface area contributed by atoms with Gasteiger partial charge in [0.25, 0.3) is 0 Å². The monoisotopic (exact) mass is 205 g/mol. The molecule has 0 aromatic heterocycles. The number of benzene rings is 1. The zero-order valence-corrected chi connectivity index (χ0v) is 9.47. The number of aryl methyl sites for hydroxylation is 1. The molecule has 74 valence electrons. The van der Waals surface area contributed by atoms with Crippen LogP contribution in [0.2, 0.25) is 0 Å². The van der Waals surface area contributed by atoms with Crippen LogP contribution in [0.1, 0.15) is 25.8 Å². The summed E-state index contributed by atoms with van der Waals surface area (Å²) in [5.41, 5.74) is 2.73. The fraction of sp³-hybridized carbons (Fsp3) is 0.417. The molecule has 14 heavy (non-hydrogen) atoms. The van der Waals surface area contributed by atoms with Crippen molar-refractivity contribution in [3.05, 3.63) is 29.8 Å². The summed E-state index contributed by atoms with van der Waals surface area (Å²) >= 11 is 5.29. The molecule has 1 atom stereocenters. The quantitative estimate of drug-likeness (QED) is 0.598. The van der Waals surface area contributed by atoms with E-state index in [1.54, 1.807) is 0 Å². The van der Waals surface area contributed by atoms with E-state index < -0.39 is 0 Å². The molecule has 1 aromatic rings. The van der Waals surface area contributed by atoms with Gasteiger partial charge in [0.15, 0.2) is 0 Å². The second-order valence-corrected chi connectivity index (χ2v) is 4.50. The van der Waals surface area contributed by atoms with Crippen molar-refractivity contribution in [2.75, 3.05) is 4.90 Å². The van der Waals surface area contributed by atoms with Crippen molar-refractivity contribution >= 4 is 22.9 Å². The molecule has 0 unspecified atom stereocenters. The predicted octanol–water partition coefficient (Wildman–Crippen LogP) is 3.18. The van der Waals surface area contributed by atoms with Crippen LogP contribution in [-0.2, 0) is 6.42 Å². The van der Waals surface area contributed by atoms with Gasteiger partial charge in [-0.2, -0.15) is 0 Å². The highest BCUT2D eigenvalue weighted by Crippen LogP contribution is 2.30. The molecule has 0 N–H and O–H groups in total. The second-order valence-electron chi connectivity index (χ2n) is 3.91. The number of anilines is 1. The highest BCUT2D eigenvalue weighted by atomic mass is 32.1. The average molecular weight is 205 g/mol. The van der Waals surface area contributed by atoms with Gasteiger partial charge in [0, 0.05) is 11.7 Å². The summed E-state index contributed by atoms with van der Waals surface area (Å²) in [5, 5.41) is 0. The lowest BCUT2D eigenvalue weighted by Gasteiger charge is -2.36. The van der Waals surface area contributed by atoms with E-state index in [0.29, 0.717) is 6.04 Å². The summed E-state index contributed by atoms with van der Waals surface area (Å²) in [7, 11) is 0. The van der Waals surface area contributed by atoms with E-state index in [1.165, 1.54) is 24.1 Å². The molecule has 0 amide bonds. The van der Waals surface area contributed by atoms with Crippen molar-refractivity contribution in [1.29, 1.82) is 0 Å². The Kier molecular flexibility index (Phi) is 2.55. The minimum atomic E-state index is 0.544. The van der Waals surface area contributed by atoms with E-state index in [4.69, 9.17) is 12.2 Å². The van der Waals surface area contributed by atoms with Crippen molar-refractivity contribution in [3.8, 4) is 0 Å². The van der Waals surface area contributed by atoms with Gasteiger partial charge in [0.1, 0.15) is 0 Å². The van der Waals surface area contributed by atoms with Crippen molar-refractivity contribution in [2.24, 2.45) is 0 Å². The molecule has 1 nitrogen and oxygen atoms in total. The predicted molar refractivity (Wildman–Crippen MR) is 65.0 cm³/mol. The SMILES string of the molecule is CC(=S)N1c2ccccc2CC[C@@H]1C. The van der Waals surface area contributed by atoms with Crippen molar-refractivity contribution in [1.82, 2.24) is 0 Å².